The van der Waals surface area contributed by atoms with Crippen LogP contribution in [-0.4, -0.2) is 90.4 Å². The average molecular weight is 777 g/mol. The molecule has 2 atom stereocenters. The second kappa shape index (κ2) is 14.0. The smallest absolute Gasteiger partial charge is 0.253 e. The van der Waals surface area contributed by atoms with Crippen molar-refractivity contribution in [2.45, 2.75) is 12.2 Å². The van der Waals surface area contributed by atoms with Crippen LogP contribution in [0.1, 0.15) is 20.7 Å². The van der Waals surface area contributed by atoms with Crippen LogP contribution in [0.2, 0.25) is 0 Å². The van der Waals surface area contributed by atoms with Crippen LogP contribution in [0, 0.1) is 10.7 Å². The van der Waals surface area contributed by atoms with E-state index in [9.17, 15) is 24.6 Å². The Balaban J connectivity index is 3.43. The number of hydrogen-bond donors (Lipinski definition) is 7. The highest BCUT2D eigenvalue weighted by molar-refractivity contribution is 14.1. The summed E-state index contributed by atoms with van der Waals surface area (Å²) in [6.07, 6.45) is -2.11. The Morgan fingerprint density at radius 3 is 1.81 bits per heavy atom. The van der Waals surface area contributed by atoms with Crippen LogP contribution in [0.4, 0.5) is 5.69 Å². The number of ether oxygens (including phenoxy) is 1. The summed E-state index contributed by atoms with van der Waals surface area (Å²) in [6.45, 7) is -1.66. The first-order valence-corrected chi connectivity index (χ1v) is 12.0. The van der Waals surface area contributed by atoms with Crippen molar-refractivity contribution >= 4 is 91.2 Å². The molecule has 0 radical (unpaired) electrons. The van der Waals surface area contributed by atoms with Crippen molar-refractivity contribution < 1.29 is 39.5 Å². The van der Waals surface area contributed by atoms with Crippen LogP contribution in [0.15, 0.2) is 0 Å². The maximum atomic E-state index is 12.9. The quantitative estimate of drug-likeness (QED) is 0.144. The van der Waals surface area contributed by atoms with Crippen molar-refractivity contribution in [1.82, 2.24) is 10.6 Å². The number of aliphatic hydroxyl groups is 4. The molecule has 0 spiro atoms. The highest BCUT2D eigenvalue weighted by Gasteiger charge is 2.29. The lowest BCUT2D eigenvalue weighted by molar-refractivity contribution is -0.118. The Labute approximate surface area is 219 Å². The van der Waals surface area contributed by atoms with Crippen molar-refractivity contribution in [1.29, 1.82) is 0 Å². The summed E-state index contributed by atoms with van der Waals surface area (Å²) in [7, 11) is 1.41. The fraction of sp³-hybridized carbons (Fsp3) is 0.471. The Kier molecular flexibility index (Phi) is 12.9. The first-order chi connectivity index (χ1) is 14.6. The second-order valence-electron chi connectivity index (χ2n) is 6.14. The molecule has 0 aliphatic rings. The van der Waals surface area contributed by atoms with Crippen molar-refractivity contribution in [2.24, 2.45) is 0 Å². The molecule has 0 heterocycles. The van der Waals surface area contributed by atoms with Crippen LogP contribution in [-0.2, 0) is 9.53 Å². The predicted molar refractivity (Wildman–Crippen MR) is 136 cm³/mol. The lowest BCUT2D eigenvalue weighted by Crippen LogP contribution is -2.37. The molecule has 2 unspecified atom stereocenters. The Morgan fingerprint density at radius 1 is 0.903 bits per heavy atom. The van der Waals surface area contributed by atoms with Gasteiger partial charge in [-0.3, -0.25) is 14.4 Å². The van der Waals surface area contributed by atoms with E-state index in [1.807, 2.05) is 67.8 Å². The van der Waals surface area contributed by atoms with Gasteiger partial charge in [-0.1, -0.05) is 0 Å². The highest BCUT2D eigenvalue weighted by atomic mass is 127. The van der Waals surface area contributed by atoms with E-state index < -0.39 is 43.1 Å². The van der Waals surface area contributed by atoms with Gasteiger partial charge >= 0.3 is 0 Å². The lowest BCUT2D eigenvalue weighted by Gasteiger charge is -2.20. The monoisotopic (exact) mass is 777 g/mol. The first kappa shape index (κ1) is 28.7. The van der Waals surface area contributed by atoms with Gasteiger partial charge in [-0.05, 0) is 67.8 Å². The topological polar surface area (TPSA) is 177 Å². The van der Waals surface area contributed by atoms with Crippen LogP contribution >= 0.6 is 67.8 Å². The minimum atomic E-state index is -1.17. The molecule has 0 fully saturated rings. The number of nitrogens with one attached hydrogen (secondary N) is 3. The molecule has 1 aromatic carbocycles. The number of halogens is 3. The van der Waals surface area contributed by atoms with Gasteiger partial charge in [-0.25, -0.2) is 0 Å². The summed E-state index contributed by atoms with van der Waals surface area (Å²) in [5.41, 5.74) is 0.325. The van der Waals surface area contributed by atoms with Crippen molar-refractivity contribution in [3.8, 4) is 0 Å². The summed E-state index contributed by atoms with van der Waals surface area (Å²) in [6, 6.07) is 0. The number of anilines is 1. The summed E-state index contributed by atoms with van der Waals surface area (Å²) < 4.78 is 5.75. The molecule has 1 aromatic rings. The Morgan fingerprint density at radius 2 is 1.39 bits per heavy atom. The molecule has 0 aromatic heterocycles. The molecule has 0 bridgehead atoms. The van der Waals surface area contributed by atoms with Gasteiger partial charge in [-0.2, -0.15) is 0 Å². The zero-order valence-electron chi connectivity index (χ0n) is 16.2. The predicted octanol–water partition coefficient (Wildman–Crippen LogP) is -0.749. The molecular weight excluding hydrogens is 755 g/mol. The number of methoxy groups -OCH3 is 1. The first-order valence-electron chi connectivity index (χ1n) is 8.72. The SMILES string of the molecule is COCC(O)CNC(=O)c1c(I)c(NC(=O)CO)c(I)c(C(=O)NCC(O)CO)c1I. The molecule has 7 N–H and O–H groups in total. The minimum Gasteiger partial charge on any atom is -0.394 e. The number of aliphatic hydroxyl groups excluding tert-OH is 4. The number of benzene rings is 1. The standard InChI is InChI=1S/C17H22I3N3O8/c1-31-6-8(27)3-22-17(30)11-12(18)10(16(29)21-2-7(26)4-24)13(19)15(14(11)20)23-9(28)5-25/h7-8,24-27H,2-6H2,1H3,(H,21,29)(H,22,30)(H,23,28). The highest BCUT2D eigenvalue weighted by Crippen LogP contribution is 2.35. The molecule has 0 aliphatic carbocycles. The summed E-state index contributed by atoms with van der Waals surface area (Å²) >= 11 is 5.52. The fourth-order valence-electron chi connectivity index (χ4n) is 2.27. The number of carbonyl (C=O) groups excluding carboxylic acids is 3. The fourth-order valence-corrected chi connectivity index (χ4v) is 6.68. The van der Waals surface area contributed by atoms with E-state index in [0.717, 1.165) is 0 Å². The Bertz CT molecular complexity index is 825. The van der Waals surface area contributed by atoms with Gasteiger partial charge in [0.1, 0.15) is 6.61 Å². The molecule has 3 amide bonds. The van der Waals surface area contributed by atoms with Crippen molar-refractivity contribution in [2.75, 3.05) is 45.3 Å². The van der Waals surface area contributed by atoms with E-state index in [2.05, 4.69) is 16.0 Å². The van der Waals surface area contributed by atoms with Gasteiger partial charge in [0.2, 0.25) is 5.91 Å². The zero-order chi connectivity index (χ0) is 23.7. The maximum absolute atomic E-state index is 12.9. The van der Waals surface area contributed by atoms with E-state index >= 15 is 0 Å². The molecule has 174 valence electrons. The third-order valence-corrected chi connectivity index (χ3v) is 6.98. The van der Waals surface area contributed by atoms with Crippen LogP contribution in [0.5, 0.6) is 0 Å². The summed E-state index contributed by atoms with van der Waals surface area (Å²) in [5, 5.41) is 44.8. The molecule has 14 heteroatoms. The van der Waals surface area contributed by atoms with Crippen LogP contribution in [0.3, 0.4) is 0 Å². The molecule has 0 saturated carbocycles. The van der Waals surface area contributed by atoms with E-state index in [1.165, 1.54) is 7.11 Å². The maximum Gasteiger partial charge on any atom is 0.253 e. The number of carbonyl (C=O) groups is 3. The minimum absolute atomic E-state index is 0.0137. The van der Waals surface area contributed by atoms with Crippen LogP contribution < -0.4 is 16.0 Å². The number of rotatable bonds is 11. The Hall–Kier alpha value is -0.380. The van der Waals surface area contributed by atoms with Gasteiger partial charge < -0.3 is 41.1 Å². The summed E-state index contributed by atoms with van der Waals surface area (Å²) in [4.78, 5) is 37.4. The number of amides is 3. The molecule has 11 nitrogen and oxygen atoms in total. The van der Waals surface area contributed by atoms with Gasteiger partial charge in [0.05, 0.1) is 49.4 Å². The van der Waals surface area contributed by atoms with Crippen molar-refractivity contribution in [3.63, 3.8) is 0 Å². The molecule has 1 rings (SSSR count). The third-order valence-electron chi connectivity index (χ3n) is 3.75. The van der Waals surface area contributed by atoms with E-state index in [0.29, 0.717) is 7.14 Å². The van der Waals surface area contributed by atoms with Gasteiger partial charge in [0, 0.05) is 23.8 Å². The molecule has 0 aliphatic heterocycles. The molecule has 0 saturated heterocycles. The largest absolute Gasteiger partial charge is 0.394 e. The average Bonchev–Trinajstić information content (AvgIpc) is 2.73. The molecule has 31 heavy (non-hydrogen) atoms. The van der Waals surface area contributed by atoms with E-state index in [4.69, 9.17) is 14.9 Å². The summed E-state index contributed by atoms with van der Waals surface area (Å²) in [5.74, 6) is -1.96. The van der Waals surface area contributed by atoms with Gasteiger partial charge in [0.15, 0.2) is 0 Å². The van der Waals surface area contributed by atoms with E-state index in [1.54, 1.807) is 0 Å². The second-order valence-corrected chi connectivity index (χ2v) is 9.38. The number of hydrogen-bond acceptors (Lipinski definition) is 8. The van der Waals surface area contributed by atoms with Crippen molar-refractivity contribution in [3.05, 3.63) is 21.8 Å². The van der Waals surface area contributed by atoms with E-state index in [-0.39, 0.29) is 40.1 Å². The van der Waals surface area contributed by atoms with Gasteiger partial charge in [0.25, 0.3) is 11.8 Å². The van der Waals surface area contributed by atoms with Gasteiger partial charge in [-0.15, -0.1) is 0 Å². The lowest BCUT2D eigenvalue weighted by atomic mass is 10.1. The third kappa shape index (κ3) is 8.16. The van der Waals surface area contributed by atoms with Crippen LogP contribution in [0.25, 0.3) is 0 Å². The molecular formula is C17H22I3N3O8. The normalized spacial score (nSPS) is 12.8. The zero-order valence-corrected chi connectivity index (χ0v) is 22.7.